The molecule has 2 aromatic rings. The summed E-state index contributed by atoms with van der Waals surface area (Å²) in [6.45, 7) is 0.530. The Morgan fingerprint density at radius 1 is 1.36 bits per heavy atom. The maximum Gasteiger partial charge on any atom is 0.265 e. The third-order valence-electron chi connectivity index (χ3n) is 3.54. The number of likely N-dealkylation sites (tertiary alicyclic amines) is 1. The van der Waals surface area contributed by atoms with Gasteiger partial charge >= 0.3 is 0 Å². The van der Waals surface area contributed by atoms with Crippen molar-refractivity contribution in [1.82, 2.24) is 14.9 Å². The van der Waals surface area contributed by atoms with Crippen LogP contribution in [0.2, 0.25) is 0 Å². The van der Waals surface area contributed by atoms with E-state index in [1.54, 1.807) is 12.4 Å². The molecule has 2 aromatic heterocycles. The fraction of sp³-hybridized carbons (Fsp3) is 0.308. The van der Waals surface area contributed by atoms with E-state index >= 15 is 0 Å². The first-order valence-corrected chi connectivity index (χ1v) is 9.05. The van der Waals surface area contributed by atoms with Gasteiger partial charge in [-0.2, -0.15) is 0 Å². The number of thiazole rings is 1. The summed E-state index contributed by atoms with van der Waals surface area (Å²) >= 11 is 1.28. The lowest BCUT2D eigenvalue weighted by molar-refractivity contribution is 0.0797. The second-order valence-electron chi connectivity index (χ2n) is 5.02. The third kappa shape index (κ3) is 3.01. The summed E-state index contributed by atoms with van der Waals surface area (Å²) in [6, 6.07) is 3.64. The molecule has 9 heteroatoms. The highest BCUT2D eigenvalue weighted by molar-refractivity contribution is 7.89. The molecule has 116 valence electrons. The summed E-state index contributed by atoms with van der Waals surface area (Å²) < 4.78 is 22.7. The van der Waals surface area contributed by atoms with Crippen LogP contribution in [0, 0.1) is 0 Å². The van der Waals surface area contributed by atoms with E-state index in [0.717, 1.165) is 10.6 Å². The van der Waals surface area contributed by atoms with Crippen LogP contribution in [0.5, 0.6) is 0 Å². The zero-order valence-corrected chi connectivity index (χ0v) is 13.2. The van der Waals surface area contributed by atoms with Crippen LogP contribution in [-0.4, -0.2) is 47.5 Å². The monoisotopic (exact) mass is 338 g/mol. The lowest BCUT2D eigenvalue weighted by Crippen LogP contribution is -2.34. The van der Waals surface area contributed by atoms with E-state index in [2.05, 4.69) is 9.97 Å². The normalized spacial score (nSPS) is 18.6. The van der Waals surface area contributed by atoms with Gasteiger partial charge in [0.2, 0.25) is 10.0 Å². The maximum absolute atomic E-state index is 12.4. The van der Waals surface area contributed by atoms with E-state index in [4.69, 9.17) is 5.14 Å². The first-order valence-electron chi connectivity index (χ1n) is 6.62. The van der Waals surface area contributed by atoms with Crippen LogP contribution >= 0.6 is 11.3 Å². The van der Waals surface area contributed by atoms with Crippen molar-refractivity contribution in [2.24, 2.45) is 5.14 Å². The fourth-order valence-electron chi connectivity index (χ4n) is 2.34. The smallest absolute Gasteiger partial charge is 0.265 e. The maximum atomic E-state index is 12.4. The summed E-state index contributed by atoms with van der Waals surface area (Å²) in [6.07, 6.45) is 5.22. The largest absolute Gasteiger partial charge is 0.336 e. The van der Waals surface area contributed by atoms with Crippen LogP contribution < -0.4 is 5.14 Å². The molecule has 2 N–H and O–H groups in total. The molecule has 3 rings (SSSR count). The van der Waals surface area contributed by atoms with Crippen molar-refractivity contribution >= 4 is 27.3 Å². The molecule has 0 radical (unpaired) electrons. The Labute approximate surface area is 131 Å². The van der Waals surface area contributed by atoms with Gasteiger partial charge in [-0.3, -0.25) is 9.78 Å². The van der Waals surface area contributed by atoms with Gasteiger partial charge in [0.25, 0.3) is 5.91 Å². The number of hydrogen-bond donors (Lipinski definition) is 1. The van der Waals surface area contributed by atoms with E-state index in [9.17, 15) is 13.2 Å². The number of sulfonamides is 1. The number of carbonyl (C=O) groups excluding carboxylic acids is 1. The minimum absolute atomic E-state index is 0.139. The zero-order chi connectivity index (χ0) is 15.7. The third-order valence-corrected chi connectivity index (χ3v) is 5.89. The average Bonchev–Trinajstić information content (AvgIpc) is 3.16. The highest BCUT2D eigenvalue weighted by Crippen LogP contribution is 2.26. The van der Waals surface area contributed by atoms with Crippen LogP contribution in [0.3, 0.4) is 0 Å². The predicted molar refractivity (Wildman–Crippen MR) is 82.8 cm³/mol. The minimum Gasteiger partial charge on any atom is -0.336 e. The van der Waals surface area contributed by atoms with Crippen LogP contribution in [0.15, 0.2) is 30.7 Å². The lowest BCUT2D eigenvalue weighted by atomic mass is 10.3. The number of aromatic nitrogens is 2. The highest BCUT2D eigenvalue weighted by atomic mass is 32.2. The van der Waals surface area contributed by atoms with Gasteiger partial charge in [0.1, 0.15) is 9.88 Å². The lowest BCUT2D eigenvalue weighted by Gasteiger charge is -2.14. The summed E-state index contributed by atoms with van der Waals surface area (Å²) in [5.74, 6) is -0.205. The van der Waals surface area contributed by atoms with Crippen LogP contribution in [0.25, 0.3) is 10.6 Å². The Morgan fingerprint density at radius 2 is 2.09 bits per heavy atom. The van der Waals surface area contributed by atoms with Crippen molar-refractivity contribution in [2.45, 2.75) is 11.7 Å². The number of primary sulfonamides is 1. The highest BCUT2D eigenvalue weighted by Gasteiger charge is 2.34. The zero-order valence-electron chi connectivity index (χ0n) is 11.5. The molecule has 0 bridgehead atoms. The van der Waals surface area contributed by atoms with Gasteiger partial charge in [-0.05, 0) is 18.6 Å². The van der Waals surface area contributed by atoms with Gasteiger partial charge in [0, 0.05) is 31.0 Å². The number of pyridine rings is 1. The molecule has 1 atom stereocenters. The van der Waals surface area contributed by atoms with E-state index in [1.165, 1.54) is 22.4 Å². The summed E-state index contributed by atoms with van der Waals surface area (Å²) in [5.41, 5.74) is 0.892. The fourth-order valence-corrected chi connectivity index (χ4v) is 4.05. The topological polar surface area (TPSA) is 106 Å². The van der Waals surface area contributed by atoms with Crippen molar-refractivity contribution in [3.63, 3.8) is 0 Å². The predicted octanol–water partition coefficient (Wildman–Crippen LogP) is 0.708. The molecule has 0 spiro atoms. The molecule has 1 fully saturated rings. The van der Waals surface area contributed by atoms with Crippen molar-refractivity contribution in [1.29, 1.82) is 0 Å². The van der Waals surface area contributed by atoms with Crippen molar-refractivity contribution in [2.75, 3.05) is 13.1 Å². The number of amides is 1. The molecule has 22 heavy (non-hydrogen) atoms. The van der Waals surface area contributed by atoms with Gasteiger partial charge in [0.15, 0.2) is 0 Å². The molecule has 0 aliphatic carbocycles. The van der Waals surface area contributed by atoms with Crippen LogP contribution in [0.4, 0.5) is 0 Å². The molecule has 1 amide bonds. The van der Waals surface area contributed by atoms with E-state index in [-0.39, 0.29) is 12.5 Å². The summed E-state index contributed by atoms with van der Waals surface area (Å²) in [4.78, 5) is 22.6. The van der Waals surface area contributed by atoms with E-state index in [1.807, 2.05) is 12.1 Å². The van der Waals surface area contributed by atoms with Crippen molar-refractivity contribution in [3.05, 3.63) is 35.6 Å². The molecule has 1 unspecified atom stereocenters. The van der Waals surface area contributed by atoms with Gasteiger partial charge in [0.05, 0.1) is 11.4 Å². The van der Waals surface area contributed by atoms with Crippen LogP contribution in [-0.2, 0) is 10.0 Å². The first kappa shape index (κ1) is 15.1. The Bertz CT molecular complexity index is 789. The first-order chi connectivity index (χ1) is 10.4. The number of hydrogen-bond acceptors (Lipinski definition) is 6. The standard InChI is InChI=1S/C13H14N4O3S2/c14-22(19,20)10-3-6-17(8-10)13(18)11-7-16-12(21-11)9-1-4-15-5-2-9/h1-2,4-5,7,10H,3,6,8H2,(H2,14,19,20). The number of nitrogens with zero attached hydrogens (tertiary/aromatic N) is 3. The van der Waals surface area contributed by atoms with Crippen molar-refractivity contribution < 1.29 is 13.2 Å². The Balaban J connectivity index is 1.76. The Kier molecular flexibility index (Phi) is 3.94. The molecular weight excluding hydrogens is 324 g/mol. The molecule has 1 aliphatic rings. The molecule has 7 nitrogen and oxygen atoms in total. The Hall–Kier alpha value is -1.84. The van der Waals surface area contributed by atoms with Crippen molar-refractivity contribution in [3.8, 4) is 10.6 Å². The second-order valence-corrected chi connectivity index (χ2v) is 7.89. The molecule has 3 heterocycles. The van der Waals surface area contributed by atoms with Crippen LogP contribution in [0.1, 0.15) is 16.1 Å². The SMILES string of the molecule is NS(=O)(=O)C1CCN(C(=O)c2cnc(-c3ccncc3)s2)C1. The summed E-state index contributed by atoms with van der Waals surface area (Å²) in [7, 11) is -3.60. The van der Waals surface area contributed by atoms with Gasteiger partial charge < -0.3 is 4.90 Å². The van der Waals surface area contributed by atoms with E-state index < -0.39 is 15.3 Å². The molecule has 0 aromatic carbocycles. The Morgan fingerprint density at radius 3 is 2.73 bits per heavy atom. The average molecular weight is 338 g/mol. The van der Waals surface area contributed by atoms with Gasteiger partial charge in [-0.25, -0.2) is 18.5 Å². The van der Waals surface area contributed by atoms with Gasteiger partial charge in [-0.15, -0.1) is 11.3 Å². The number of nitrogens with two attached hydrogens (primary N) is 1. The quantitative estimate of drug-likeness (QED) is 0.887. The molecule has 1 saturated heterocycles. The minimum atomic E-state index is -3.60. The number of carbonyl (C=O) groups is 1. The van der Waals surface area contributed by atoms with E-state index in [0.29, 0.717) is 17.8 Å². The number of rotatable bonds is 3. The molecule has 0 saturated carbocycles. The molecular formula is C13H14N4O3S2. The second kappa shape index (κ2) is 5.75. The molecule has 1 aliphatic heterocycles. The summed E-state index contributed by atoms with van der Waals surface area (Å²) in [5, 5.41) is 5.19. The van der Waals surface area contributed by atoms with Gasteiger partial charge in [-0.1, -0.05) is 0 Å².